The summed E-state index contributed by atoms with van der Waals surface area (Å²) in [4.78, 5) is 21.1. The van der Waals surface area contributed by atoms with Crippen LogP contribution in [0.4, 0.5) is 0 Å². The van der Waals surface area contributed by atoms with Crippen molar-refractivity contribution in [3.63, 3.8) is 0 Å². The Hall–Kier alpha value is -0.0600. The second-order valence-electron chi connectivity index (χ2n) is 4.61. The average molecular weight is 280 g/mol. The van der Waals surface area contributed by atoms with Crippen molar-refractivity contribution >= 4 is 11.9 Å². The number of esters is 1. The van der Waals surface area contributed by atoms with Crippen molar-refractivity contribution in [3.05, 3.63) is 0 Å². The van der Waals surface area contributed by atoms with Gasteiger partial charge in [-0.2, -0.15) is 0 Å². The summed E-state index contributed by atoms with van der Waals surface area (Å²) < 4.78 is 4.47. The van der Waals surface area contributed by atoms with Crippen LogP contribution in [0, 0.1) is 0 Å². The number of rotatable bonds is 12. The van der Waals surface area contributed by atoms with Gasteiger partial charge in [-0.3, -0.25) is 4.79 Å². The van der Waals surface area contributed by atoms with Crippen LogP contribution in [0.1, 0.15) is 71.1 Å². The van der Waals surface area contributed by atoms with Crippen LogP contribution in [0.3, 0.4) is 0 Å². The summed E-state index contributed by atoms with van der Waals surface area (Å²) in [5, 5.41) is 10.0. The fourth-order valence-corrected chi connectivity index (χ4v) is 1.79. The predicted octanol–water partition coefficient (Wildman–Crippen LogP) is -0.796. The zero-order valence-corrected chi connectivity index (χ0v) is 14.4. The third-order valence-electron chi connectivity index (χ3n) is 2.84. The average Bonchev–Trinajstić information content (AvgIpc) is 2.34. The Balaban J connectivity index is 0. The van der Waals surface area contributed by atoms with Crippen molar-refractivity contribution in [2.45, 2.75) is 71.1 Å². The van der Waals surface area contributed by atoms with Crippen LogP contribution in [0.25, 0.3) is 0 Å². The van der Waals surface area contributed by atoms with Crippen molar-refractivity contribution in [1.29, 1.82) is 0 Å². The van der Waals surface area contributed by atoms with Crippen LogP contribution in [0.5, 0.6) is 0 Å². The molecule has 0 radical (unpaired) electrons. The fourth-order valence-electron chi connectivity index (χ4n) is 1.79. The molecule has 0 saturated carbocycles. The van der Waals surface area contributed by atoms with Gasteiger partial charge in [0.2, 0.25) is 0 Å². The Bertz CT molecular complexity index is 231. The molecule has 0 aliphatic rings. The van der Waals surface area contributed by atoms with Crippen molar-refractivity contribution in [1.82, 2.24) is 0 Å². The molecule has 0 spiro atoms. The molecule has 0 bridgehead atoms. The van der Waals surface area contributed by atoms with E-state index in [9.17, 15) is 14.7 Å². The number of carboxylic acids is 1. The molecule has 4 nitrogen and oxygen atoms in total. The first-order valence-electron chi connectivity index (χ1n) is 7.02. The zero-order valence-electron chi connectivity index (χ0n) is 12.4. The van der Waals surface area contributed by atoms with Crippen molar-refractivity contribution in [3.8, 4) is 0 Å². The Labute approximate surface area is 138 Å². The van der Waals surface area contributed by atoms with Gasteiger partial charge in [0.05, 0.1) is 5.97 Å². The van der Waals surface area contributed by atoms with E-state index in [1.807, 2.05) is 0 Å². The first-order valence-corrected chi connectivity index (χ1v) is 7.02. The summed E-state index contributed by atoms with van der Waals surface area (Å²) in [7, 11) is 0. The van der Waals surface area contributed by atoms with Gasteiger partial charge in [0.1, 0.15) is 6.61 Å². The van der Waals surface area contributed by atoms with Gasteiger partial charge < -0.3 is 14.6 Å². The molecule has 0 aromatic carbocycles. The third-order valence-corrected chi connectivity index (χ3v) is 2.84. The summed E-state index contributed by atoms with van der Waals surface area (Å²) in [6.45, 7) is 1.58. The molecule has 0 aliphatic carbocycles. The van der Waals surface area contributed by atoms with Crippen molar-refractivity contribution < 1.29 is 49.0 Å². The minimum atomic E-state index is -1.35. The molecule has 0 aromatic heterocycles. The molecule has 5 heteroatoms. The monoisotopic (exact) mass is 280 g/mol. The Morgan fingerprint density at radius 3 is 1.84 bits per heavy atom. The maximum absolute atomic E-state index is 11.0. The Morgan fingerprint density at radius 1 is 0.895 bits per heavy atom. The molecule has 0 rings (SSSR count). The molecular formula is C14H25NaO4. The number of hydrogen-bond acceptors (Lipinski definition) is 4. The number of carbonyl (C=O) groups excluding carboxylic acids is 2. The van der Waals surface area contributed by atoms with Gasteiger partial charge in [-0.1, -0.05) is 58.3 Å². The van der Waals surface area contributed by atoms with E-state index in [0.29, 0.717) is 6.42 Å². The molecule has 0 fully saturated rings. The number of carbonyl (C=O) groups is 2. The minimum Gasteiger partial charge on any atom is -0.546 e. The molecule has 0 atom stereocenters. The zero-order chi connectivity index (χ0) is 13.6. The topological polar surface area (TPSA) is 66.4 Å². The van der Waals surface area contributed by atoms with Crippen LogP contribution < -0.4 is 34.7 Å². The molecule has 0 aliphatic heterocycles. The van der Waals surface area contributed by atoms with E-state index < -0.39 is 18.5 Å². The van der Waals surface area contributed by atoms with E-state index in [4.69, 9.17) is 0 Å². The van der Waals surface area contributed by atoms with Gasteiger partial charge in [0.25, 0.3) is 0 Å². The van der Waals surface area contributed by atoms with Gasteiger partial charge in [-0.15, -0.1) is 0 Å². The molecule has 106 valence electrons. The van der Waals surface area contributed by atoms with Gasteiger partial charge in [-0.25, -0.2) is 0 Å². The van der Waals surface area contributed by atoms with Crippen LogP contribution in [-0.4, -0.2) is 18.5 Å². The molecule has 0 heterocycles. The number of unbranched alkanes of at least 4 members (excludes halogenated alkanes) is 8. The van der Waals surface area contributed by atoms with Gasteiger partial charge in [0, 0.05) is 6.42 Å². The normalized spacial score (nSPS) is 9.74. The standard InChI is InChI=1S/C14H26O4.Na/c1-2-3-4-5-6-7-8-9-10-11-14(17)18-12-13(15)16;/h2-12H2,1H3,(H,15,16);/q;+1/p-1. The summed E-state index contributed by atoms with van der Waals surface area (Å²) in [6.07, 6.45) is 11.0. The van der Waals surface area contributed by atoms with E-state index in [-0.39, 0.29) is 29.6 Å². The largest absolute Gasteiger partial charge is 1.00 e. The van der Waals surface area contributed by atoms with E-state index in [0.717, 1.165) is 19.3 Å². The molecule has 0 amide bonds. The SMILES string of the molecule is CCCCCCCCCCCC(=O)OCC(=O)[O-].[Na+]. The van der Waals surface area contributed by atoms with Crippen LogP contribution in [0.2, 0.25) is 0 Å². The molecule has 0 N–H and O–H groups in total. The minimum absolute atomic E-state index is 0. The molecule has 0 saturated heterocycles. The van der Waals surface area contributed by atoms with E-state index in [1.165, 1.54) is 38.5 Å². The van der Waals surface area contributed by atoms with E-state index in [1.54, 1.807) is 0 Å². The second-order valence-corrected chi connectivity index (χ2v) is 4.61. The van der Waals surface area contributed by atoms with Gasteiger partial charge in [-0.05, 0) is 6.42 Å². The van der Waals surface area contributed by atoms with Crippen LogP contribution in [-0.2, 0) is 14.3 Å². The molecule has 0 unspecified atom stereocenters. The Morgan fingerprint density at radius 2 is 1.37 bits per heavy atom. The first kappa shape index (κ1) is 21.2. The quantitative estimate of drug-likeness (QED) is 0.267. The maximum atomic E-state index is 11.0. The van der Waals surface area contributed by atoms with Crippen molar-refractivity contribution in [2.75, 3.05) is 6.61 Å². The number of aliphatic carboxylic acids is 1. The summed E-state index contributed by atoms with van der Waals surface area (Å²) in [6, 6.07) is 0. The Kier molecular flexibility index (Phi) is 17.9. The van der Waals surface area contributed by atoms with Crippen LogP contribution >= 0.6 is 0 Å². The first-order chi connectivity index (χ1) is 8.66. The number of hydrogen-bond donors (Lipinski definition) is 0. The molecule has 19 heavy (non-hydrogen) atoms. The summed E-state index contributed by atoms with van der Waals surface area (Å²) in [5.74, 6) is -1.79. The molecule has 0 aromatic rings. The smallest absolute Gasteiger partial charge is 0.546 e. The predicted molar refractivity (Wildman–Crippen MR) is 67.8 cm³/mol. The number of ether oxygens (including phenoxy) is 1. The molecular weight excluding hydrogens is 255 g/mol. The van der Waals surface area contributed by atoms with Gasteiger partial charge >= 0.3 is 35.5 Å². The van der Waals surface area contributed by atoms with E-state index in [2.05, 4.69) is 11.7 Å². The van der Waals surface area contributed by atoms with E-state index >= 15 is 0 Å². The van der Waals surface area contributed by atoms with Gasteiger partial charge in [0.15, 0.2) is 0 Å². The van der Waals surface area contributed by atoms with Crippen molar-refractivity contribution in [2.24, 2.45) is 0 Å². The summed E-state index contributed by atoms with van der Waals surface area (Å²) in [5.41, 5.74) is 0. The fraction of sp³-hybridized carbons (Fsp3) is 0.857. The van der Waals surface area contributed by atoms with Crippen LogP contribution in [0.15, 0.2) is 0 Å². The second kappa shape index (κ2) is 16.0. The maximum Gasteiger partial charge on any atom is 1.00 e. The summed E-state index contributed by atoms with van der Waals surface area (Å²) >= 11 is 0. The number of carboxylic acid groups (broad SMARTS) is 1. The third kappa shape index (κ3) is 17.9.